The molecule has 0 radical (unpaired) electrons. The fourth-order valence-corrected chi connectivity index (χ4v) is 3.59. The van der Waals surface area contributed by atoms with Crippen molar-refractivity contribution in [2.45, 2.75) is 30.7 Å². The van der Waals surface area contributed by atoms with Crippen LogP contribution in [0.1, 0.15) is 19.4 Å². The van der Waals surface area contributed by atoms with Gasteiger partial charge in [0.25, 0.3) is 0 Å². The lowest BCUT2D eigenvalue weighted by Crippen LogP contribution is -2.44. The predicted octanol–water partition coefficient (Wildman–Crippen LogP) is 3.13. The molecule has 112 valence electrons. The van der Waals surface area contributed by atoms with Crippen LogP contribution in [0.2, 0.25) is 0 Å². The Morgan fingerprint density at radius 3 is 2.14 bits per heavy atom. The molecular weight excluding hydrogens is 289 g/mol. The summed E-state index contributed by atoms with van der Waals surface area (Å²) >= 11 is 0. The molecule has 0 saturated carbocycles. The molecule has 2 aromatic carbocycles. The average Bonchev–Trinajstić information content (AvgIpc) is 2.38. The lowest BCUT2D eigenvalue weighted by atomic mass is 9.96. The van der Waals surface area contributed by atoms with Gasteiger partial charge < -0.3 is 0 Å². The van der Waals surface area contributed by atoms with E-state index in [1.807, 2.05) is 44.2 Å². The molecule has 0 heterocycles. The first-order valence-electron chi connectivity index (χ1n) is 6.62. The first-order valence-corrected chi connectivity index (χ1v) is 8.10. The van der Waals surface area contributed by atoms with Crippen molar-refractivity contribution in [3.8, 4) is 0 Å². The Balaban J connectivity index is 2.17. The fraction of sp³-hybridized carbons (Fsp3) is 0.250. The summed E-state index contributed by atoms with van der Waals surface area (Å²) in [7, 11) is -3.67. The van der Waals surface area contributed by atoms with Crippen molar-refractivity contribution in [3.63, 3.8) is 0 Å². The van der Waals surface area contributed by atoms with E-state index >= 15 is 0 Å². The van der Waals surface area contributed by atoms with Crippen LogP contribution in [-0.2, 0) is 16.4 Å². The van der Waals surface area contributed by atoms with Gasteiger partial charge in [0.05, 0.1) is 4.90 Å². The molecule has 0 aliphatic carbocycles. The maximum absolute atomic E-state index is 12.9. The normalized spacial score (nSPS) is 12.3. The lowest BCUT2D eigenvalue weighted by molar-refractivity contribution is 0.450. The van der Waals surface area contributed by atoms with Gasteiger partial charge in [0, 0.05) is 5.54 Å². The van der Waals surface area contributed by atoms with Crippen LogP contribution >= 0.6 is 0 Å². The van der Waals surface area contributed by atoms with E-state index in [-0.39, 0.29) is 4.90 Å². The van der Waals surface area contributed by atoms with E-state index in [9.17, 15) is 12.8 Å². The van der Waals surface area contributed by atoms with E-state index in [2.05, 4.69) is 4.72 Å². The van der Waals surface area contributed by atoms with Crippen molar-refractivity contribution in [1.29, 1.82) is 0 Å². The standard InChI is InChI=1S/C16H18FNO2S/c1-16(2,12-13-6-4-3-5-7-13)18-21(19,20)15-10-8-14(17)9-11-15/h3-11,18H,12H2,1-2H3. The molecule has 0 atom stereocenters. The summed E-state index contributed by atoms with van der Waals surface area (Å²) in [6, 6.07) is 14.4. The quantitative estimate of drug-likeness (QED) is 0.922. The van der Waals surface area contributed by atoms with Gasteiger partial charge in [-0.3, -0.25) is 0 Å². The monoisotopic (exact) mass is 307 g/mol. The van der Waals surface area contributed by atoms with Crippen molar-refractivity contribution in [3.05, 3.63) is 66.0 Å². The Labute approximate surface area is 124 Å². The van der Waals surface area contributed by atoms with Crippen LogP contribution < -0.4 is 4.72 Å². The number of halogens is 1. The van der Waals surface area contributed by atoms with Crippen LogP contribution in [-0.4, -0.2) is 14.0 Å². The van der Waals surface area contributed by atoms with Gasteiger partial charge >= 0.3 is 0 Å². The number of sulfonamides is 1. The molecule has 5 heteroatoms. The van der Waals surface area contributed by atoms with Gasteiger partial charge in [-0.2, -0.15) is 0 Å². The van der Waals surface area contributed by atoms with E-state index in [0.29, 0.717) is 6.42 Å². The summed E-state index contributed by atoms with van der Waals surface area (Å²) in [6.45, 7) is 3.64. The first-order chi connectivity index (χ1) is 9.78. The van der Waals surface area contributed by atoms with Crippen LogP contribution in [0, 0.1) is 5.82 Å². The molecule has 0 unspecified atom stereocenters. The van der Waals surface area contributed by atoms with Crippen molar-refractivity contribution in [2.24, 2.45) is 0 Å². The molecule has 2 aromatic rings. The van der Waals surface area contributed by atoms with Gasteiger partial charge in [0.2, 0.25) is 10.0 Å². The highest BCUT2D eigenvalue weighted by atomic mass is 32.2. The van der Waals surface area contributed by atoms with Gasteiger partial charge in [0.15, 0.2) is 0 Å². The predicted molar refractivity (Wildman–Crippen MR) is 80.9 cm³/mol. The molecule has 0 amide bonds. The van der Waals surface area contributed by atoms with Crippen LogP contribution in [0.3, 0.4) is 0 Å². The van der Waals surface area contributed by atoms with Crippen molar-refractivity contribution in [2.75, 3.05) is 0 Å². The second-order valence-electron chi connectivity index (χ2n) is 5.61. The molecule has 0 spiro atoms. The smallest absolute Gasteiger partial charge is 0.207 e. The maximum atomic E-state index is 12.9. The highest BCUT2D eigenvalue weighted by molar-refractivity contribution is 7.89. The number of hydrogen-bond acceptors (Lipinski definition) is 2. The molecule has 0 bridgehead atoms. The number of hydrogen-bond donors (Lipinski definition) is 1. The van der Waals surface area contributed by atoms with Gasteiger partial charge in [-0.05, 0) is 50.1 Å². The highest BCUT2D eigenvalue weighted by Gasteiger charge is 2.26. The minimum Gasteiger partial charge on any atom is -0.207 e. The second kappa shape index (κ2) is 5.95. The zero-order valence-electron chi connectivity index (χ0n) is 12.0. The van der Waals surface area contributed by atoms with Crippen molar-refractivity contribution in [1.82, 2.24) is 4.72 Å². The summed E-state index contributed by atoms with van der Waals surface area (Å²) in [4.78, 5) is 0.0602. The largest absolute Gasteiger partial charge is 0.241 e. The van der Waals surface area contributed by atoms with Gasteiger partial charge in [-0.25, -0.2) is 17.5 Å². The Kier molecular flexibility index (Phi) is 4.44. The molecule has 21 heavy (non-hydrogen) atoms. The SMILES string of the molecule is CC(C)(Cc1ccccc1)NS(=O)(=O)c1ccc(F)cc1. The molecule has 0 fully saturated rings. The summed E-state index contributed by atoms with van der Waals surface area (Å²) in [5.74, 6) is -0.461. The van der Waals surface area contributed by atoms with Gasteiger partial charge in [-0.1, -0.05) is 30.3 Å². The summed E-state index contributed by atoms with van der Waals surface area (Å²) in [5.41, 5.74) is 0.401. The Hall–Kier alpha value is -1.72. The Morgan fingerprint density at radius 1 is 1.00 bits per heavy atom. The minimum atomic E-state index is -3.67. The van der Waals surface area contributed by atoms with Crippen LogP contribution in [0.15, 0.2) is 59.5 Å². The number of rotatable bonds is 5. The number of nitrogens with one attached hydrogen (secondary N) is 1. The third kappa shape index (κ3) is 4.37. The van der Waals surface area contributed by atoms with Crippen molar-refractivity contribution >= 4 is 10.0 Å². The van der Waals surface area contributed by atoms with E-state index < -0.39 is 21.4 Å². The van der Waals surface area contributed by atoms with E-state index in [4.69, 9.17) is 0 Å². The Morgan fingerprint density at radius 2 is 1.57 bits per heavy atom. The van der Waals surface area contributed by atoms with E-state index in [1.165, 1.54) is 12.1 Å². The molecule has 0 saturated heterocycles. The fourth-order valence-electron chi connectivity index (χ4n) is 2.18. The number of benzene rings is 2. The van der Waals surface area contributed by atoms with Crippen LogP contribution in [0.25, 0.3) is 0 Å². The van der Waals surface area contributed by atoms with Crippen LogP contribution in [0.5, 0.6) is 0 Å². The van der Waals surface area contributed by atoms with Crippen molar-refractivity contribution < 1.29 is 12.8 Å². The first kappa shape index (κ1) is 15.7. The summed E-state index contributed by atoms with van der Waals surface area (Å²) in [6.07, 6.45) is 0.564. The van der Waals surface area contributed by atoms with Crippen LogP contribution in [0.4, 0.5) is 4.39 Å². The summed E-state index contributed by atoms with van der Waals surface area (Å²) in [5, 5.41) is 0. The molecule has 1 N–H and O–H groups in total. The zero-order valence-corrected chi connectivity index (χ0v) is 12.8. The van der Waals surface area contributed by atoms with E-state index in [0.717, 1.165) is 17.7 Å². The minimum absolute atomic E-state index is 0.0602. The lowest BCUT2D eigenvalue weighted by Gasteiger charge is -2.26. The van der Waals surface area contributed by atoms with E-state index in [1.54, 1.807) is 0 Å². The maximum Gasteiger partial charge on any atom is 0.241 e. The molecule has 0 aliphatic rings. The Bertz CT molecular complexity index is 695. The zero-order chi connectivity index (χ0) is 15.5. The topological polar surface area (TPSA) is 46.2 Å². The molecule has 0 aromatic heterocycles. The van der Waals surface area contributed by atoms with Gasteiger partial charge in [-0.15, -0.1) is 0 Å². The average molecular weight is 307 g/mol. The van der Waals surface area contributed by atoms with Gasteiger partial charge in [0.1, 0.15) is 5.82 Å². The third-order valence-electron chi connectivity index (χ3n) is 3.02. The second-order valence-corrected chi connectivity index (χ2v) is 7.29. The molecule has 3 nitrogen and oxygen atoms in total. The molecule has 0 aliphatic heterocycles. The third-order valence-corrected chi connectivity index (χ3v) is 4.74. The molecule has 2 rings (SSSR count). The highest BCUT2D eigenvalue weighted by Crippen LogP contribution is 2.17. The summed E-state index contributed by atoms with van der Waals surface area (Å²) < 4.78 is 40.2. The molecular formula is C16H18FNO2S.